The van der Waals surface area contributed by atoms with E-state index in [1.165, 1.54) is 41.7 Å². The lowest BCUT2D eigenvalue weighted by Gasteiger charge is -2.04. The molecule has 1 N–H and O–H groups in total. The number of thiophene rings is 1. The summed E-state index contributed by atoms with van der Waals surface area (Å²) in [5.74, 6) is 0.379. The third kappa shape index (κ3) is 3.20. The molecule has 27 heavy (non-hydrogen) atoms. The molecule has 134 valence electrons. The van der Waals surface area contributed by atoms with Crippen molar-refractivity contribution in [3.63, 3.8) is 0 Å². The number of methoxy groups -OCH3 is 1. The van der Waals surface area contributed by atoms with Crippen molar-refractivity contribution >= 4 is 27.8 Å². The molecule has 0 saturated heterocycles. The van der Waals surface area contributed by atoms with Crippen molar-refractivity contribution in [1.29, 1.82) is 0 Å². The van der Waals surface area contributed by atoms with Crippen LogP contribution in [0.5, 0.6) is 11.5 Å². The number of fused-ring (bicyclic) bond motifs is 1. The van der Waals surface area contributed by atoms with Crippen molar-refractivity contribution in [3.05, 3.63) is 76.2 Å². The summed E-state index contributed by atoms with van der Waals surface area (Å²) in [5, 5.41) is 16.4. The summed E-state index contributed by atoms with van der Waals surface area (Å²) in [6, 6.07) is 14.6. The van der Waals surface area contributed by atoms with Gasteiger partial charge in [0.2, 0.25) is 0 Å². The van der Waals surface area contributed by atoms with Gasteiger partial charge in [-0.05, 0) is 29.3 Å². The van der Waals surface area contributed by atoms with Crippen molar-refractivity contribution in [2.45, 2.75) is 0 Å². The van der Waals surface area contributed by atoms with Crippen LogP contribution in [0.15, 0.2) is 70.1 Å². The SMILES string of the molecule is COc1cc(/C=N\n2cnc3scc(-c4ccccc4)c3c2=O)ccc1O. The predicted molar refractivity (Wildman–Crippen MR) is 107 cm³/mol. The van der Waals surface area contributed by atoms with Gasteiger partial charge in [-0.3, -0.25) is 4.79 Å². The molecule has 0 spiro atoms. The molecule has 4 aromatic rings. The Morgan fingerprint density at radius 3 is 2.81 bits per heavy atom. The van der Waals surface area contributed by atoms with Crippen LogP contribution < -0.4 is 10.3 Å². The highest BCUT2D eigenvalue weighted by Gasteiger charge is 2.12. The Balaban J connectivity index is 1.77. The maximum Gasteiger partial charge on any atom is 0.283 e. The Morgan fingerprint density at radius 1 is 1.22 bits per heavy atom. The maximum absolute atomic E-state index is 12.9. The first-order valence-electron chi connectivity index (χ1n) is 8.13. The molecular weight excluding hydrogens is 362 g/mol. The summed E-state index contributed by atoms with van der Waals surface area (Å²) in [5.41, 5.74) is 2.27. The van der Waals surface area contributed by atoms with Crippen LogP contribution in [0.1, 0.15) is 5.56 Å². The number of ether oxygens (including phenoxy) is 1. The number of nitrogens with zero attached hydrogens (tertiary/aromatic N) is 3. The Bertz CT molecular complexity index is 1200. The summed E-state index contributed by atoms with van der Waals surface area (Å²) >= 11 is 1.43. The number of hydrogen-bond donors (Lipinski definition) is 1. The molecule has 0 aliphatic heterocycles. The third-order valence-electron chi connectivity index (χ3n) is 4.10. The van der Waals surface area contributed by atoms with Gasteiger partial charge in [0.1, 0.15) is 11.2 Å². The number of phenols is 1. The topological polar surface area (TPSA) is 76.7 Å². The molecule has 0 atom stereocenters. The molecule has 0 unspecified atom stereocenters. The summed E-state index contributed by atoms with van der Waals surface area (Å²) in [4.78, 5) is 18.0. The van der Waals surface area contributed by atoms with Crippen molar-refractivity contribution < 1.29 is 9.84 Å². The average molecular weight is 377 g/mol. The highest BCUT2D eigenvalue weighted by atomic mass is 32.1. The van der Waals surface area contributed by atoms with E-state index < -0.39 is 0 Å². The van der Waals surface area contributed by atoms with Gasteiger partial charge in [-0.2, -0.15) is 9.78 Å². The fourth-order valence-corrected chi connectivity index (χ4v) is 3.65. The minimum Gasteiger partial charge on any atom is -0.504 e. The number of phenolic OH excluding ortho intramolecular Hbond substituents is 1. The zero-order chi connectivity index (χ0) is 18.8. The molecule has 0 aliphatic carbocycles. The Morgan fingerprint density at radius 2 is 2.04 bits per heavy atom. The smallest absolute Gasteiger partial charge is 0.283 e. The van der Waals surface area contributed by atoms with Crippen molar-refractivity contribution in [2.75, 3.05) is 7.11 Å². The van der Waals surface area contributed by atoms with Crippen LogP contribution in [0.2, 0.25) is 0 Å². The second-order valence-corrected chi connectivity index (χ2v) is 6.62. The monoisotopic (exact) mass is 377 g/mol. The number of aromatic nitrogens is 2. The minimum atomic E-state index is -0.234. The fourth-order valence-electron chi connectivity index (χ4n) is 2.74. The lowest BCUT2D eigenvalue weighted by molar-refractivity contribution is 0.373. The van der Waals surface area contributed by atoms with Crippen LogP contribution in [-0.2, 0) is 0 Å². The molecule has 6 nitrogen and oxygen atoms in total. The highest BCUT2D eigenvalue weighted by molar-refractivity contribution is 7.17. The zero-order valence-electron chi connectivity index (χ0n) is 14.4. The van der Waals surface area contributed by atoms with Gasteiger partial charge >= 0.3 is 0 Å². The Kier molecular flexibility index (Phi) is 4.43. The van der Waals surface area contributed by atoms with E-state index in [1.807, 2.05) is 35.7 Å². The molecule has 0 aliphatic rings. The third-order valence-corrected chi connectivity index (χ3v) is 4.98. The first-order chi connectivity index (χ1) is 13.2. The molecule has 4 rings (SSSR count). The fraction of sp³-hybridized carbons (Fsp3) is 0.0500. The van der Waals surface area contributed by atoms with E-state index in [4.69, 9.17) is 4.74 Å². The first kappa shape index (κ1) is 17.0. The van der Waals surface area contributed by atoms with Gasteiger partial charge in [-0.15, -0.1) is 11.3 Å². The highest BCUT2D eigenvalue weighted by Crippen LogP contribution is 2.30. The average Bonchev–Trinajstić information content (AvgIpc) is 3.14. The van der Waals surface area contributed by atoms with E-state index in [0.29, 0.717) is 21.5 Å². The van der Waals surface area contributed by atoms with Gasteiger partial charge in [-0.1, -0.05) is 30.3 Å². The quantitative estimate of drug-likeness (QED) is 0.550. The minimum absolute atomic E-state index is 0.0423. The summed E-state index contributed by atoms with van der Waals surface area (Å²) in [7, 11) is 1.47. The summed E-state index contributed by atoms with van der Waals surface area (Å²) in [6.45, 7) is 0. The lowest BCUT2D eigenvalue weighted by atomic mass is 10.1. The number of rotatable bonds is 4. The largest absolute Gasteiger partial charge is 0.504 e. The molecule has 0 bridgehead atoms. The van der Waals surface area contributed by atoms with Crippen LogP contribution >= 0.6 is 11.3 Å². The van der Waals surface area contributed by atoms with Crippen LogP contribution in [0, 0.1) is 0 Å². The molecule has 2 aromatic heterocycles. The van der Waals surface area contributed by atoms with E-state index >= 15 is 0 Å². The molecular formula is C20H15N3O3S. The normalized spacial score (nSPS) is 11.3. The van der Waals surface area contributed by atoms with E-state index in [1.54, 1.807) is 12.1 Å². The van der Waals surface area contributed by atoms with Crippen molar-refractivity contribution in [3.8, 4) is 22.6 Å². The van der Waals surface area contributed by atoms with Gasteiger partial charge in [0.15, 0.2) is 11.5 Å². The second kappa shape index (κ2) is 7.05. The number of aromatic hydroxyl groups is 1. The van der Waals surface area contributed by atoms with Gasteiger partial charge in [0.05, 0.1) is 18.7 Å². The molecule has 2 heterocycles. The molecule has 0 saturated carbocycles. The lowest BCUT2D eigenvalue weighted by Crippen LogP contribution is -2.16. The van der Waals surface area contributed by atoms with Crippen molar-refractivity contribution in [2.24, 2.45) is 5.10 Å². The Labute approximate surface area is 158 Å². The molecule has 0 amide bonds. The van der Waals surface area contributed by atoms with Gasteiger partial charge < -0.3 is 9.84 Å². The van der Waals surface area contributed by atoms with Crippen LogP contribution in [0.25, 0.3) is 21.3 Å². The van der Waals surface area contributed by atoms with E-state index in [2.05, 4.69) is 10.1 Å². The van der Waals surface area contributed by atoms with Crippen LogP contribution in [-0.4, -0.2) is 28.1 Å². The molecule has 2 aromatic carbocycles. The van der Waals surface area contributed by atoms with Gasteiger partial charge in [0.25, 0.3) is 5.56 Å². The molecule has 0 fully saturated rings. The van der Waals surface area contributed by atoms with E-state index in [0.717, 1.165) is 11.1 Å². The molecule has 7 heteroatoms. The Hall–Kier alpha value is -3.45. The molecule has 0 radical (unpaired) electrons. The van der Waals surface area contributed by atoms with Gasteiger partial charge in [-0.25, -0.2) is 4.98 Å². The summed E-state index contributed by atoms with van der Waals surface area (Å²) < 4.78 is 6.29. The zero-order valence-corrected chi connectivity index (χ0v) is 15.2. The number of hydrogen-bond acceptors (Lipinski definition) is 6. The first-order valence-corrected chi connectivity index (χ1v) is 9.01. The second-order valence-electron chi connectivity index (χ2n) is 5.77. The van der Waals surface area contributed by atoms with Gasteiger partial charge in [0, 0.05) is 10.9 Å². The van der Waals surface area contributed by atoms with Crippen LogP contribution in [0.3, 0.4) is 0 Å². The van der Waals surface area contributed by atoms with E-state index in [-0.39, 0.29) is 11.3 Å². The maximum atomic E-state index is 12.9. The predicted octanol–water partition coefficient (Wildman–Crippen LogP) is 3.72. The van der Waals surface area contributed by atoms with E-state index in [9.17, 15) is 9.90 Å². The standard InChI is InChI=1S/C20H15N3O3S/c1-26-17-9-13(7-8-16(17)24)10-22-23-12-21-19-18(20(23)25)15(11-27-19)14-5-3-2-4-6-14/h2-12,24H,1H3/b22-10-. The summed E-state index contributed by atoms with van der Waals surface area (Å²) in [6.07, 6.45) is 2.93. The van der Waals surface area contributed by atoms with Crippen LogP contribution in [0.4, 0.5) is 0 Å². The van der Waals surface area contributed by atoms with Crippen molar-refractivity contribution in [1.82, 2.24) is 9.66 Å². The number of benzene rings is 2.